The quantitative estimate of drug-likeness (QED) is 0.784. The van der Waals surface area contributed by atoms with E-state index in [1.54, 1.807) is 42.9 Å². The topological polar surface area (TPSA) is 64.0 Å². The van der Waals surface area contributed by atoms with Crippen molar-refractivity contribution in [3.05, 3.63) is 49.1 Å². The smallest absolute Gasteiger partial charge is 0.240 e. The van der Waals surface area contributed by atoms with Crippen LogP contribution in [0.4, 0.5) is 0 Å². The molecule has 6 heteroatoms. The van der Waals surface area contributed by atoms with Crippen LogP contribution in [-0.4, -0.2) is 24.5 Å². The molecule has 102 valence electrons. The maximum atomic E-state index is 11.9. The Morgan fingerprint density at radius 3 is 2.63 bits per heavy atom. The predicted molar refractivity (Wildman–Crippen MR) is 73.1 cm³/mol. The number of aryl methyl sites for hydroxylation is 1. The molecule has 0 fully saturated rings. The van der Waals surface area contributed by atoms with E-state index in [0.29, 0.717) is 11.4 Å². The fraction of sp³-hybridized carbons (Fsp3) is 0.308. The van der Waals surface area contributed by atoms with Crippen molar-refractivity contribution in [2.24, 2.45) is 0 Å². The van der Waals surface area contributed by atoms with E-state index in [1.807, 2.05) is 10.8 Å². The van der Waals surface area contributed by atoms with Crippen molar-refractivity contribution in [2.45, 2.75) is 24.3 Å². The van der Waals surface area contributed by atoms with E-state index < -0.39 is 10.0 Å². The number of nitrogens with zero attached hydrogens (tertiary/aromatic N) is 2. The summed E-state index contributed by atoms with van der Waals surface area (Å²) in [6, 6.07) is 8.41. The molecule has 1 aromatic heterocycles. The molecule has 19 heavy (non-hydrogen) atoms. The van der Waals surface area contributed by atoms with E-state index in [2.05, 4.69) is 9.71 Å². The number of nitrogens with one attached hydrogen (secondary N) is 1. The van der Waals surface area contributed by atoms with Crippen molar-refractivity contribution in [3.63, 3.8) is 0 Å². The van der Waals surface area contributed by atoms with Crippen molar-refractivity contribution < 1.29 is 8.42 Å². The zero-order valence-electron chi connectivity index (χ0n) is 10.6. The van der Waals surface area contributed by atoms with Gasteiger partial charge in [0.15, 0.2) is 0 Å². The number of imidazole rings is 1. The third-order valence-corrected chi connectivity index (χ3v) is 4.22. The second-order valence-corrected chi connectivity index (χ2v) is 5.99. The number of hydrogen-bond acceptors (Lipinski definition) is 3. The van der Waals surface area contributed by atoms with Crippen LogP contribution >= 0.6 is 0 Å². The largest absolute Gasteiger partial charge is 0.337 e. The summed E-state index contributed by atoms with van der Waals surface area (Å²) in [6.45, 7) is 1.30. The molecule has 0 saturated carbocycles. The summed E-state index contributed by atoms with van der Waals surface area (Å²) in [4.78, 5) is 4.26. The molecule has 0 saturated heterocycles. The van der Waals surface area contributed by atoms with Gasteiger partial charge >= 0.3 is 0 Å². The molecule has 1 N–H and O–H groups in total. The molecule has 2 aromatic rings. The molecule has 0 amide bonds. The summed E-state index contributed by atoms with van der Waals surface area (Å²) in [5.41, 5.74) is 0. The Labute approximate surface area is 113 Å². The average Bonchev–Trinajstić information content (AvgIpc) is 2.92. The maximum absolute atomic E-state index is 11.9. The lowest BCUT2D eigenvalue weighted by atomic mass is 10.3. The number of hydrogen-bond donors (Lipinski definition) is 1. The van der Waals surface area contributed by atoms with Crippen LogP contribution in [0.25, 0.3) is 0 Å². The molecule has 1 heterocycles. The van der Waals surface area contributed by atoms with E-state index >= 15 is 0 Å². The highest BCUT2D eigenvalue weighted by atomic mass is 32.2. The molecule has 0 atom stereocenters. The van der Waals surface area contributed by atoms with E-state index in [-0.39, 0.29) is 0 Å². The zero-order chi connectivity index (χ0) is 13.6. The normalized spacial score (nSPS) is 11.6. The predicted octanol–water partition coefficient (Wildman–Crippen LogP) is 1.64. The minimum absolute atomic E-state index is 0.310. The Kier molecular flexibility index (Phi) is 4.70. The van der Waals surface area contributed by atoms with Gasteiger partial charge in [-0.2, -0.15) is 0 Å². The van der Waals surface area contributed by atoms with Gasteiger partial charge in [0.1, 0.15) is 0 Å². The van der Waals surface area contributed by atoms with Gasteiger partial charge in [-0.25, -0.2) is 18.1 Å². The van der Waals surface area contributed by atoms with Crippen LogP contribution in [0.15, 0.2) is 53.9 Å². The third kappa shape index (κ3) is 4.18. The first-order chi connectivity index (χ1) is 9.18. The fourth-order valence-electron chi connectivity index (χ4n) is 1.73. The van der Waals surface area contributed by atoms with Gasteiger partial charge in [-0.05, 0) is 25.0 Å². The summed E-state index contributed by atoms with van der Waals surface area (Å²) < 4.78 is 28.4. The second kappa shape index (κ2) is 6.49. The standard InChI is InChI=1S/C13H17N3O2S/c17-19(18,13-6-2-1-3-7-13)15-8-4-5-10-16-11-9-14-12-16/h1-3,6-7,9,11-12,15H,4-5,8,10H2. The van der Waals surface area contributed by atoms with Gasteiger partial charge in [0.2, 0.25) is 10.0 Å². The van der Waals surface area contributed by atoms with Crippen LogP contribution in [0, 0.1) is 0 Å². The van der Waals surface area contributed by atoms with Gasteiger partial charge in [-0.1, -0.05) is 18.2 Å². The first-order valence-electron chi connectivity index (χ1n) is 6.19. The molecular weight excluding hydrogens is 262 g/mol. The van der Waals surface area contributed by atoms with Crippen molar-refractivity contribution >= 4 is 10.0 Å². The van der Waals surface area contributed by atoms with Crippen LogP contribution in [0.3, 0.4) is 0 Å². The lowest BCUT2D eigenvalue weighted by Crippen LogP contribution is -2.24. The summed E-state index contributed by atoms with van der Waals surface area (Å²) in [5.74, 6) is 0. The number of unbranched alkanes of at least 4 members (excludes halogenated alkanes) is 1. The lowest BCUT2D eigenvalue weighted by molar-refractivity contribution is 0.566. The molecule has 5 nitrogen and oxygen atoms in total. The average molecular weight is 279 g/mol. The monoisotopic (exact) mass is 279 g/mol. The molecule has 0 unspecified atom stereocenters. The molecule has 0 aliphatic rings. The molecule has 0 aliphatic heterocycles. The molecule has 0 bridgehead atoms. The zero-order valence-corrected chi connectivity index (χ0v) is 11.4. The highest BCUT2D eigenvalue weighted by Gasteiger charge is 2.11. The highest BCUT2D eigenvalue weighted by molar-refractivity contribution is 7.89. The van der Waals surface area contributed by atoms with Crippen LogP contribution in [0.2, 0.25) is 0 Å². The van der Waals surface area contributed by atoms with Crippen molar-refractivity contribution in [3.8, 4) is 0 Å². The first-order valence-corrected chi connectivity index (χ1v) is 7.67. The molecule has 2 rings (SSSR count). The number of sulfonamides is 1. The number of rotatable bonds is 7. The van der Waals surface area contributed by atoms with Crippen LogP contribution in [-0.2, 0) is 16.6 Å². The third-order valence-electron chi connectivity index (χ3n) is 2.75. The minimum Gasteiger partial charge on any atom is -0.337 e. The lowest BCUT2D eigenvalue weighted by Gasteiger charge is -2.06. The van der Waals surface area contributed by atoms with E-state index in [9.17, 15) is 8.42 Å². The van der Waals surface area contributed by atoms with E-state index in [4.69, 9.17) is 0 Å². The van der Waals surface area contributed by atoms with E-state index in [0.717, 1.165) is 19.4 Å². The van der Waals surface area contributed by atoms with Crippen LogP contribution in [0.5, 0.6) is 0 Å². The van der Waals surface area contributed by atoms with Crippen LogP contribution < -0.4 is 4.72 Å². The molecular formula is C13H17N3O2S. The maximum Gasteiger partial charge on any atom is 0.240 e. The molecule has 0 aliphatic carbocycles. The van der Waals surface area contributed by atoms with Crippen molar-refractivity contribution in [1.29, 1.82) is 0 Å². The molecule has 1 aromatic carbocycles. The van der Waals surface area contributed by atoms with Crippen molar-refractivity contribution in [1.82, 2.24) is 14.3 Å². The first kappa shape index (κ1) is 13.8. The Morgan fingerprint density at radius 2 is 1.95 bits per heavy atom. The molecule has 0 radical (unpaired) electrons. The van der Waals surface area contributed by atoms with Gasteiger partial charge < -0.3 is 4.57 Å². The summed E-state index contributed by atoms with van der Waals surface area (Å²) >= 11 is 0. The Hall–Kier alpha value is -1.66. The van der Waals surface area contributed by atoms with Gasteiger partial charge in [0.05, 0.1) is 11.2 Å². The Morgan fingerprint density at radius 1 is 1.16 bits per heavy atom. The Balaban J connectivity index is 1.73. The van der Waals surface area contributed by atoms with E-state index in [1.165, 1.54) is 0 Å². The Bertz CT molecular complexity index is 580. The fourth-order valence-corrected chi connectivity index (χ4v) is 2.82. The second-order valence-electron chi connectivity index (χ2n) is 4.22. The van der Waals surface area contributed by atoms with Crippen LogP contribution in [0.1, 0.15) is 12.8 Å². The van der Waals surface area contributed by atoms with Gasteiger partial charge in [-0.15, -0.1) is 0 Å². The van der Waals surface area contributed by atoms with Gasteiger partial charge in [0, 0.05) is 25.5 Å². The summed E-state index contributed by atoms with van der Waals surface area (Å²) in [5, 5.41) is 0. The van der Waals surface area contributed by atoms with Gasteiger partial charge in [-0.3, -0.25) is 0 Å². The minimum atomic E-state index is -3.36. The SMILES string of the molecule is O=S(=O)(NCCCCn1ccnc1)c1ccccc1. The van der Waals surface area contributed by atoms with Crippen molar-refractivity contribution in [2.75, 3.05) is 6.54 Å². The summed E-state index contributed by atoms with van der Waals surface area (Å²) in [6.07, 6.45) is 7.10. The number of benzene rings is 1. The highest BCUT2D eigenvalue weighted by Crippen LogP contribution is 2.07. The number of aromatic nitrogens is 2. The molecule has 0 spiro atoms. The van der Waals surface area contributed by atoms with Gasteiger partial charge in [0.25, 0.3) is 0 Å². The summed E-state index contributed by atoms with van der Waals surface area (Å²) in [7, 11) is -3.36.